The van der Waals surface area contributed by atoms with Gasteiger partial charge in [0.25, 0.3) is 0 Å². The molecule has 136 valence electrons. The third kappa shape index (κ3) is 8.67. The number of hydrogen-bond donors (Lipinski definition) is 2. The van der Waals surface area contributed by atoms with Crippen LogP contribution in [0.2, 0.25) is 0 Å². The molecule has 0 bridgehead atoms. The van der Waals surface area contributed by atoms with Crippen LogP contribution in [0.3, 0.4) is 0 Å². The van der Waals surface area contributed by atoms with Crippen LogP contribution in [0, 0.1) is 0 Å². The molecule has 23 heavy (non-hydrogen) atoms. The molecule has 1 aliphatic rings. The van der Waals surface area contributed by atoms with Crippen molar-refractivity contribution < 1.29 is 13.7 Å². The smallest absolute Gasteiger partial charge is 0.191 e. The van der Waals surface area contributed by atoms with Gasteiger partial charge in [0.15, 0.2) is 5.96 Å². The van der Waals surface area contributed by atoms with Gasteiger partial charge in [0, 0.05) is 41.5 Å². The van der Waals surface area contributed by atoms with E-state index >= 15 is 0 Å². The van der Waals surface area contributed by atoms with E-state index in [1.54, 1.807) is 7.11 Å². The predicted molar refractivity (Wildman–Crippen MR) is 96.5 cm³/mol. The zero-order valence-electron chi connectivity index (χ0n) is 14.8. The Kier molecular flexibility index (Phi) is 11.3. The average molecular weight is 348 g/mol. The lowest BCUT2D eigenvalue weighted by atomic mass is 9.95. The first-order valence-corrected chi connectivity index (χ1v) is 10.1. The molecule has 7 heteroatoms. The lowest BCUT2D eigenvalue weighted by molar-refractivity contribution is 0.0748. The van der Waals surface area contributed by atoms with Crippen LogP contribution in [0.25, 0.3) is 0 Å². The molecule has 2 N–H and O–H groups in total. The minimum atomic E-state index is -0.695. The van der Waals surface area contributed by atoms with Crippen LogP contribution in [0.4, 0.5) is 0 Å². The predicted octanol–water partition coefficient (Wildman–Crippen LogP) is 1.28. The molecular formula is C16H33N3O3S. The van der Waals surface area contributed by atoms with E-state index < -0.39 is 10.8 Å². The monoisotopic (exact) mass is 347 g/mol. The highest BCUT2D eigenvalue weighted by molar-refractivity contribution is 7.85. The Morgan fingerprint density at radius 3 is 2.78 bits per heavy atom. The summed E-state index contributed by atoms with van der Waals surface area (Å²) in [6.07, 6.45) is 4.30. The van der Waals surface area contributed by atoms with Gasteiger partial charge in [0.1, 0.15) is 0 Å². The summed E-state index contributed by atoms with van der Waals surface area (Å²) in [5.41, 5.74) is 0. The molecule has 0 spiro atoms. The molecule has 0 saturated heterocycles. The van der Waals surface area contributed by atoms with Crippen molar-refractivity contribution in [3.8, 4) is 0 Å². The zero-order chi connectivity index (χ0) is 16.9. The summed E-state index contributed by atoms with van der Waals surface area (Å²) in [5, 5.41) is 7.09. The van der Waals surface area contributed by atoms with E-state index in [4.69, 9.17) is 9.47 Å². The van der Waals surface area contributed by atoms with Crippen LogP contribution in [-0.2, 0) is 20.3 Å². The first-order chi connectivity index (χ1) is 11.2. The number of ether oxygens (including phenoxy) is 2. The van der Waals surface area contributed by atoms with Crippen LogP contribution in [0.15, 0.2) is 4.99 Å². The maximum Gasteiger partial charge on any atom is 0.191 e. The third-order valence-corrected chi connectivity index (χ3v) is 5.65. The standard InChI is InChI=1S/C16H33N3O3S/c1-4-17-16(18-9-10-22-12-11-21-3)19-14-7-6-8-15(13-14)23(20)5-2/h14-15H,4-13H2,1-3H3,(H2,17,18,19). The molecule has 3 atom stereocenters. The first-order valence-electron chi connectivity index (χ1n) is 8.69. The van der Waals surface area contributed by atoms with Gasteiger partial charge in [-0.25, -0.2) is 0 Å². The Balaban J connectivity index is 2.39. The Hall–Kier alpha value is -0.660. The minimum Gasteiger partial charge on any atom is -0.382 e. The number of rotatable bonds is 10. The number of nitrogens with zero attached hydrogens (tertiary/aromatic N) is 1. The quantitative estimate of drug-likeness (QED) is 0.354. The van der Waals surface area contributed by atoms with Gasteiger partial charge in [-0.15, -0.1) is 0 Å². The molecule has 6 nitrogen and oxygen atoms in total. The molecule has 1 rings (SSSR count). The first kappa shape index (κ1) is 20.4. The second kappa shape index (κ2) is 12.7. The molecule has 1 saturated carbocycles. The summed E-state index contributed by atoms with van der Waals surface area (Å²) in [6.45, 7) is 7.31. The zero-order valence-corrected chi connectivity index (χ0v) is 15.6. The fourth-order valence-electron chi connectivity index (χ4n) is 2.73. The average Bonchev–Trinajstić information content (AvgIpc) is 2.57. The van der Waals surface area contributed by atoms with Crippen molar-refractivity contribution in [1.29, 1.82) is 0 Å². The van der Waals surface area contributed by atoms with Crippen molar-refractivity contribution in [2.75, 3.05) is 45.8 Å². The molecule has 1 fully saturated rings. The van der Waals surface area contributed by atoms with Crippen LogP contribution in [-0.4, -0.2) is 67.2 Å². The van der Waals surface area contributed by atoms with Gasteiger partial charge in [-0.2, -0.15) is 0 Å². The van der Waals surface area contributed by atoms with E-state index in [-0.39, 0.29) is 0 Å². The SMILES string of the molecule is CCNC(=NCCOCCOC)NC1CCCC(S(=O)CC)C1. The fraction of sp³-hybridized carbons (Fsp3) is 0.938. The molecule has 0 radical (unpaired) electrons. The van der Waals surface area contributed by atoms with E-state index in [2.05, 4.69) is 22.5 Å². The van der Waals surface area contributed by atoms with Crippen LogP contribution < -0.4 is 10.6 Å². The van der Waals surface area contributed by atoms with Crippen molar-refractivity contribution in [1.82, 2.24) is 10.6 Å². The van der Waals surface area contributed by atoms with Gasteiger partial charge >= 0.3 is 0 Å². The lowest BCUT2D eigenvalue weighted by Gasteiger charge is -2.30. The second-order valence-electron chi connectivity index (χ2n) is 5.67. The highest BCUT2D eigenvalue weighted by Crippen LogP contribution is 2.22. The number of guanidine groups is 1. The van der Waals surface area contributed by atoms with E-state index in [0.717, 1.165) is 43.9 Å². The maximum absolute atomic E-state index is 12.0. The van der Waals surface area contributed by atoms with Crippen molar-refractivity contribution >= 4 is 16.8 Å². The number of methoxy groups -OCH3 is 1. The number of aliphatic imine (C=N–C) groups is 1. The molecule has 0 aromatic carbocycles. The Morgan fingerprint density at radius 1 is 1.26 bits per heavy atom. The van der Waals surface area contributed by atoms with E-state index in [1.807, 2.05) is 6.92 Å². The van der Waals surface area contributed by atoms with Gasteiger partial charge in [-0.3, -0.25) is 9.20 Å². The normalized spacial score (nSPS) is 23.5. The summed E-state index contributed by atoms with van der Waals surface area (Å²) in [7, 11) is 0.969. The Morgan fingerprint density at radius 2 is 2.09 bits per heavy atom. The molecular weight excluding hydrogens is 314 g/mol. The third-order valence-electron chi connectivity index (χ3n) is 3.90. The van der Waals surface area contributed by atoms with Crippen LogP contribution >= 0.6 is 0 Å². The fourth-order valence-corrected chi connectivity index (χ4v) is 4.08. The largest absolute Gasteiger partial charge is 0.382 e. The summed E-state index contributed by atoms with van der Waals surface area (Å²) in [5.74, 6) is 1.58. The second-order valence-corrected chi connectivity index (χ2v) is 7.67. The highest BCUT2D eigenvalue weighted by Gasteiger charge is 2.25. The summed E-state index contributed by atoms with van der Waals surface area (Å²) in [4.78, 5) is 4.55. The molecule has 3 unspecified atom stereocenters. The highest BCUT2D eigenvalue weighted by atomic mass is 32.2. The summed E-state index contributed by atoms with van der Waals surface area (Å²) >= 11 is 0. The topological polar surface area (TPSA) is 72.0 Å². The maximum atomic E-state index is 12.0. The summed E-state index contributed by atoms with van der Waals surface area (Å²) < 4.78 is 22.4. The van der Waals surface area contributed by atoms with Crippen molar-refractivity contribution in [2.45, 2.75) is 50.8 Å². The van der Waals surface area contributed by atoms with Gasteiger partial charge in [-0.1, -0.05) is 13.3 Å². The molecule has 0 heterocycles. The van der Waals surface area contributed by atoms with Gasteiger partial charge in [0.05, 0.1) is 26.4 Å². The van der Waals surface area contributed by atoms with E-state index in [1.165, 1.54) is 0 Å². The lowest BCUT2D eigenvalue weighted by Crippen LogP contribution is -2.46. The van der Waals surface area contributed by atoms with Gasteiger partial charge in [0.2, 0.25) is 0 Å². The molecule has 0 amide bonds. The number of hydrogen-bond acceptors (Lipinski definition) is 4. The van der Waals surface area contributed by atoms with Crippen molar-refractivity contribution in [3.05, 3.63) is 0 Å². The Bertz CT molecular complexity index is 366. The molecule has 0 aromatic heterocycles. The summed E-state index contributed by atoms with van der Waals surface area (Å²) in [6, 6.07) is 0.358. The minimum absolute atomic E-state index is 0.325. The molecule has 0 aromatic rings. The number of nitrogens with one attached hydrogen (secondary N) is 2. The van der Waals surface area contributed by atoms with E-state index in [0.29, 0.717) is 37.7 Å². The Labute approximate surface area is 143 Å². The van der Waals surface area contributed by atoms with Gasteiger partial charge in [-0.05, 0) is 26.2 Å². The van der Waals surface area contributed by atoms with E-state index in [9.17, 15) is 4.21 Å². The van der Waals surface area contributed by atoms with Gasteiger partial charge < -0.3 is 20.1 Å². The van der Waals surface area contributed by atoms with Crippen molar-refractivity contribution in [2.24, 2.45) is 4.99 Å². The van der Waals surface area contributed by atoms with Crippen molar-refractivity contribution in [3.63, 3.8) is 0 Å². The molecule has 1 aliphatic carbocycles. The molecule has 0 aliphatic heterocycles. The van der Waals surface area contributed by atoms with Crippen LogP contribution in [0.1, 0.15) is 39.5 Å². The van der Waals surface area contributed by atoms with Crippen LogP contribution in [0.5, 0.6) is 0 Å².